The monoisotopic (exact) mass is 224 g/mol. The minimum Gasteiger partial charge on any atom is -0.507 e. The van der Waals surface area contributed by atoms with Gasteiger partial charge < -0.3 is 5.11 Å². The van der Waals surface area contributed by atoms with Crippen LogP contribution in [-0.4, -0.2) is 10.9 Å². The molecule has 0 saturated carbocycles. The molecule has 15 heavy (non-hydrogen) atoms. The molecule has 2 nitrogen and oxygen atoms in total. The van der Waals surface area contributed by atoms with Crippen molar-refractivity contribution in [3.8, 4) is 0 Å². The molecule has 0 fully saturated rings. The highest BCUT2D eigenvalue weighted by Crippen LogP contribution is 2.17. The van der Waals surface area contributed by atoms with E-state index >= 15 is 0 Å². The second kappa shape index (κ2) is 4.99. The van der Waals surface area contributed by atoms with Gasteiger partial charge in [-0.1, -0.05) is 37.6 Å². The smallest absolute Gasteiger partial charge is 0.161 e. The molecule has 0 aliphatic carbocycles. The highest BCUT2D eigenvalue weighted by atomic mass is 35.5. The molecule has 0 amide bonds. The van der Waals surface area contributed by atoms with Crippen molar-refractivity contribution >= 4 is 23.1 Å². The molecular weight excluding hydrogens is 212 g/mol. The van der Waals surface area contributed by atoms with Crippen molar-refractivity contribution in [2.45, 2.75) is 13.8 Å². The Morgan fingerprint density at radius 3 is 2.67 bits per heavy atom. The van der Waals surface area contributed by atoms with E-state index in [4.69, 9.17) is 11.6 Å². The molecule has 0 aliphatic heterocycles. The number of allylic oxidation sites excluding steroid dienone is 1. The Morgan fingerprint density at radius 2 is 2.13 bits per heavy atom. The summed E-state index contributed by atoms with van der Waals surface area (Å²) in [6.07, 6.45) is 1.23. The molecule has 80 valence electrons. The number of hydrogen-bond donors (Lipinski definition) is 1. The average Bonchev–Trinajstić information content (AvgIpc) is 2.17. The van der Waals surface area contributed by atoms with Crippen molar-refractivity contribution in [2.24, 2.45) is 5.92 Å². The number of benzene rings is 1. The van der Waals surface area contributed by atoms with Gasteiger partial charge in [0.15, 0.2) is 5.78 Å². The molecule has 1 rings (SSSR count). The molecule has 0 unspecified atom stereocenters. The van der Waals surface area contributed by atoms with E-state index in [0.717, 1.165) is 0 Å². The summed E-state index contributed by atoms with van der Waals surface area (Å²) in [5.74, 6) is -0.269. The van der Waals surface area contributed by atoms with Gasteiger partial charge in [0.25, 0.3) is 0 Å². The third kappa shape index (κ3) is 3.40. The number of halogens is 1. The van der Waals surface area contributed by atoms with Gasteiger partial charge in [0.05, 0.1) is 0 Å². The second-order valence-corrected chi connectivity index (χ2v) is 4.03. The van der Waals surface area contributed by atoms with Crippen LogP contribution < -0.4 is 0 Å². The molecule has 0 aliphatic rings. The van der Waals surface area contributed by atoms with Crippen molar-refractivity contribution in [1.29, 1.82) is 0 Å². The topological polar surface area (TPSA) is 37.3 Å². The third-order valence-corrected chi connectivity index (χ3v) is 2.20. The summed E-state index contributed by atoms with van der Waals surface area (Å²) >= 11 is 5.76. The summed E-state index contributed by atoms with van der Waals surface area (Å²) in [5, 5.41) is 10.2. The van der Waals surface area contributed by atoms with Crippen LogP contribution in [0.25, 0.3) is 5.76 Å². The first-order valence-electron chi connectivity index (χ1n) is 4.71. The van der Waals surface area contributed by atoms with Crippen LogP contribution in [-0.2, 0) is 4.79 Å². The van der Waals surface area contributed by atoms with E-state index in [9.17, 15) is 9.90 Å². The molecule has 0 saturated heterocycles. The van der Waals surface area contributed by atoms with Crippen LogP contribution in [0, 0.1) is 5.92 Å². The summed E-state index contributed by atoms with van der Waals surface area (Å²) in [6.45, 7) is 3.56. The SMILES string of the molecule is CC(C)C(=O)C=C(O)c1cccc(Cl)c1. The molecule has 1 aromatic rings. The summed E-state index contributed by atoms with van der Waals surface area (Å²) in [4.78, 5) is 11.3. The van der Waals surface area contributed by atoms with Crippen LogP contribution in [0.1, 0.15) is 19.4 Å². The summed E-state index contributed by atoms with van der Waals surface area (Å²) in [6, 6.07) is 6.75. The van der Waals surface area contributed by atoms with Gasteiger partial charge in [-0.25, -0.2) is 0 Å². The van der Waals surface area contributed by atoms with Crippen LogP contribution in [0.4, 0.5) is 0 Å². The predicted molar refractivity (Wildman–Crippen MR) is 61.9 cm³/mol. The van der Waals surface area contributed by atoms with Gasteiger partial charge in [0, 0.05) is 22.6 Å². The highest BCUT2D eigenvalue weighted by Gasteiger charge is 2.07. The first kappa shape index (κ1) is 11.8. The first-order valence-corrected chi connectivity index (χ1v) is 5.09. The average molecular weight is 225 g/mol. The van der Waals surface area contributed by atoms with E-state index in [-0.39, 0.29) is 17.5 Å². The largest absolute Gasteiger partial charge is 0.507 e. The van der Waals surface area contributed by atoms with Crippen molar-refractivity contribution in [2.75, 3.05) is 0 Å². The molecule has 0 aromatic heterocycles. The Labute approximate surface area is 94.2 Å². The zero-order valence-electron chi connectivity index (χ0n) is 8.70. The Hall–Kier alpha value is -1.28. The van der Waals surface area contributed by atoms with Gasteiger partial charge in [-0.15, -0.1) is 0 Å². The van der Waals surface area contributed by atoms with Gasteiger partial charge in [0.2, 0.25) is 0 Å². The van der Waals surface area contributed by atoms with Crippen molar-refractivity contribution < 1.29 is 9.90 Å². The van der Waals surface area contributed by atoms with Crippen molar-refractivity contribution in [3.05, 3.63) is 40.9 Å². The lowest BCUT2D eigenvalue weighted by Gasteiger charge is -2.02. The van der Waals surface area contributed by atoms with Gasteiger partial charge in [-0.2, -0.15) is 0 Å². The molecule has 1 N–H and O–H groups in total. The quantitative estimate of drug-likeness (QED) is 0.631. The van der Waals surface area contributed by atoms with Crippen LogP contribution >= 0.6 is 11.6 Å². The molecule has 0 spiro atoms. The van der Waals surface area contributed by atoms with E-state index in [1.807, 2.05) is 0 Å². The molecule has 0 radical (unpaired) electrons. The fourth-order valence-electron chi connectivity index (χ4n) is 1.03. The van der Waals surface area contributed by atoms with E-state index < -0.39 is 0 Å². The lowest BCUT2D eigenvalue weighted by atomic mass is 10.1. The van der Waals surface area contributed by atoms with Crippen LogP contribution in [0.3, 0.4) is 0 Å². The highest BCUT2D eigenvalue weighted by molar-refractivity contribution is 6.30. The maximum Gasteiger partial charge on any atom is 0.161 e. The number of aliphatic hydroxyl groups excluding tert-OH is 1. The molecule has 3 heteroatoms. The second-order valence-electron chi connectivity index (χ2n) is 3.60. The third-order valence-electron chi connectivity index (χ3n) is 1.97. The normalized spacial score (nSPS) is 11.9. The van der Waals surface area contributed by atoms with Crippen molar-refractivity contribution in [1.82, 2.24) is 0 Å². The number of ketones is 1. The minimum absolute atomic E-state index is 0.0452. The molecule has 0 bridgehead atoms. The van der Waals surface area contributed by atoms with Gasteiger partial charge in [0.1, 0.15) is 5.76 Å². The Morgan fingerprint density at radius 1 is 1.47 bits per heavy atom. The zero-order chi connectivity index (χ0) is 11.4. The lowest BCUT2D eigenvalue weighted by Crippen LogP contribution is -2.03. The van der Waals surface area contributed by atoms with Crippen LogP contribution in [0.5, 0.6) is 0 Å². The summed E-state index contributed by atoms with van der Waals surface area (Å²) < 4.78 is 0. The molecule has 0 heterocycles. The fraction of sp³-hybridized carbons (Fsp3) is 0.250. The molecule has 1 aromatic carbocycles. The van der Waals surface area contributed by atoms with E-state index in [2.05, 4.69) is 0 Å². The fourth-order valence-corrected chi connectivity index (χ4v) is 1.22. The Bertz CT molecular complexity index is 394. The number of rotatable bonds is 3. The molecule has 0 atom stereocenters. The number of carbonyl (C=O) groups excluding carboxylic acids is 1. The van der Waals surface area contributed by atoms with Gasteiger partial charge in [-0.3, -0.25) is 4.79 Å². The number of aliphatic hydroxyl groups is 1. The predicted octanol–water partition coefficient (Wildman–Crippen LogP) is 3.46. The van der Waals surface area contributed by atoms with E-state index in [0.29, 0.717) is 10.6 Å². The lowest BCUT2D eigenvalue weighted by molar-refractivity contribution is -0.117. The van der Waals surface area contributed by atoms with Crippen molar-refractivity contribution in [3.63, 3.8) is 0 Å². The van der Waals surface area contributed by atoms with Gasteiger partial charge in [-0.05, 0) is 12.1 Å². The zero-order valence-corrected chi connectivity index (χ0v) is 9.45. The first-order chi connectivity index (χ1) is 7.00. The summed E-state index contributed by atoms with van der Waals surface area (Å²) in [7, 11) is 0. The van der Waals surface area contributed by atoms with E-state index in [1.54, 1.807) is 38.1 Å². The Balaban J connectivity index is 2.94. The van der Waals surface area contributed by atoms with Crippen LogP contribution in [0.2, 0.25) is 5.02 Å². The minimum atomic E-state index is -0.119. The standard InChI is InChI=1S/C12H13ClO2/c1-8(2)11(14)7-12(15)9-4-3-5-10(13)6-9/h3-8,15H,1-2H3. The van der Waals surface area contributed by atoms with Gasteiger partial charge >= 0.3 is 0 Å². The number of carbonyl (C=O) groups is 1. The number of hydrogen-bond acceptors (Lipinski definition) is 2. The van der Waals surface area contributed by atoms with E-state index in [1.165, 1.54) is 6.08 Å². The maximum atomic E-state index is 11.3. The molecular formula is C12H13ClO2. The van der Waals surface area contributed by atoms with Crippen LogP contribution in [0.15, 0.2) is 30.3 Å². The maximum absolute atomic E-state index is 11.3. The summed E-state index contributed by atoms with van der Waals surface area (Å²) in [5.41, 5.74) is 0.552. The Kier molecular flexibility index (Phi) is 3.92.